The Hall–Kier alpha value is -2.73. The highest BCUT2D eigenvalue weighted by atomic mass is 16.5. The van der Waals surface area contributed by atoms with Crippen molar-refractivity contribution < 1.29 is 9.84 Å². The summed E-state index contributed by atoms with van der Waals surface area (Å²) in [4.78, 5) is 16.4. The summed E-state index contributed by atoms with van der Waals surface area (Å²) in [5.41, 5.74) is 1.50. The van der Waals surface area contributed by atoms with Gasteiger partial charge in [0.1, 0.15) is 18.5 Å². The Bertz CT molecular complexity index is 875. The Morgan fingerprint density at radius 2 is 2.04 bits per heavy atom. The zero-order valence-electron chi connectivity index (χ0n) is 13.4. The van der Waals surface area contributed by atoms with Gasteiger partial charge in [-0.15, -0.1) is 0 Å². The first-order valence-electron chi connectivity index (χ1n) is 7.88. The normalized spacial score (nSPS) is 12.2. The third kappa shape index (κ3) is 3.60. The minimum atomic E-state index is -0.838. The van der Waals surface area contributed by atoms with Crippen molar-refractivity contribution >= 4 is 10.9 Å². The number of hydrogen-bond acceptors (Lipinski definition) is 5. The first-order chi connectivity index (χ1) is 11.7. The third-order valence-electron chi connectivity index (χ3n) is 3.78. The molecule has 0 spiro atoms. The summed E-state index contributed by atoms with van der Waals surface area (Å²) >= 11 is 0. The lowest BCUT2D eigenvalue weighted by atomic mass is 10.2. The number of pyridine rings is 1. The molecule has 0 saturated heterocycles. The van der Waals surface area contributed by atoms with Crippen LogP contribution < -0.4 is 10.3 Å². The molecule has 0 fully saturated rings. The van der Waals surface area contributed by atoms with E-state index >= 15 is 0 Å². The molecule has 2 heterocycles. The van der Waals surface area contributed by atoms with Gasteiger partial charge in [-0.1, -0.05) is 19.1 Å². The number of hydrogen-bond donors (Lipinski definition) is 1. The van der Waals surface area contributed by atoms with E-state index in [9.17, 15) is 9.90 Å². The van der Waals surface area contributed by atoms with E-state index in [4.69, 9.17) is 4.74 Å². The van der Waals surface area contributed by atoms with E-state index in [1.807, 2.05) is 24.3 Å². The summed E-state index contributed by atoms with van der Waals surface area (Å²) < 4.78 is 6.80. The van der Waals surface area contributed by atoms with Gasteiger partial charge in [0.25, 0.3) is 5.56 Å². The average molecular weight is 325 g/mol. The zero-order chi connectivity index (χ0) is 16.9. The van der Waals surface area contributed by atoms with Crippen molar-refractivity contribution in [3.05, 3.63) is 64.7 Å². The number of aryl methyl sites for hydroxylation is 1. The van der Waals surface area contributed by atoms with Crippen molar-refractivity contribution in [2.75, 3.05) is 6.61 Å². The second kappa shape index (κ2) is 7.23. The smallest absolute Gasteiger partial charge is 0.276 e. The number of aliphatic hydroxyl groups excluding tert-OH is 1. The summed E-state index contributed by atoms with van der Waals surface area (Å²) in [5.74, 6) is 0.689. The topological polar surface area (TPSA) is 77.2 Å². The molecule has 124 valence electrons. The minimum Gasteiger partial charge on any atom is -0.491 e. The maximum atomic E-state index is 12.3. The predicted octanol–water partition coefficient (Wildman–Crippen LogP) is 1.79. The lowest BCUT2D eigenvalue weighted by Gasteiger charge is -2.13. The highest BCUT2D eigenvalue weighted by molar-refractivity contribution is 5.75. The van der Waals surface area contributed by atoms with E-state index in [0.717, 1.165) is 6.42 Å². The summed E-state index contributed by atoms with van der Waals surface area (Å²) in [7, 11) is 0. The molecule has 1 N–H and O–H groups in total. The van der Waals surface area contributed by atoms with E-state index in [0.29, 0.717) is 16.7 Å². The van der Waals surface area contributed by atoms with Crippen LogP contribution in [-0.2, 0) is 13.0 Å². The van der Waals surface area contributed by atoms with Crippen LogP contribution in [-0.4, -0.2) is 32.6 Å². The Balaban J connectivity index is 1.65. The molecular weight excluding hydrogens is 306 g/mol. The largest absolute Gasteiger partial charge is 0.491 e. The molecule has 1 atom stereocenters. The number of ether oxygens (including phenoxy) is 1. The maximum absolute atomic E-state index is 12.3. The van der Waals surface area contributed by atoms with E-state index in [2.05, 4.69) is 17.0 Å². The maximum Gasteiger partial charge on any atom is 0.276 e. The quantitative estimate of drug-likeness (QED) is 0.748. The van der Waals surface area contributed by atoms with Crippen LogP contribution in [0.1, 0.15) is 12.5 Å². The molecule has 0 saturated carbocycles. The highest BCUT2D eigenvalue weighted by Crippen LogP contribution is 2.13. The summed E-state index contributed by atoms with van der Waals surface area (Å²) in [6, 6.07) is 11.1. The molecule has 0 aliphatic heterocycles. The average Bonchev–Trinajstić information content (AvgIpc) is 2.63. The van der Waals surface area contributed by atoms with Crippen LogP contribution in [0.4, 0.5) is 0 Å². The lowest BCUT2D eigenvalue weighted by molar-refractivity contribution is 0.0881. The fourth-order valence-corrected chi connectivity index (χ4v) is 2.41. The van der Waals surface area contributed by atoms with Crippen molar-refractivity contribution in [2.45, 2.75) is 26.0 Å². The first-order valence-corrected chi connectivity index (χ1v) is 7.88. The molecule has 2 aromatic heterocycles. The van der Waals surface area contributed by atoms with Gasteiger partial charge in [0.2, 0.25) is 0 Å². The molecule has 0 aliphatic carbocycles. The Morgan fingerprint density at radius 3 is 2.79 bits per heavy atom. The van der Waals surface area contributed by atoms with Gasteiger partial charge in [0.05, 0.1) is 23.6 Å². The second-order valence-electron chi connectivity index (χ2n) is 5.53. The number of rotatable bonds is 6. The molecule has 0 amide bonds. The van der Waals surface area contributed by atoms with Gasteiger partial charge in [-0.05, 0) is 36.2 Å². The van der Waals surface area contributed by atoms with E-state index in [1.54, 1.807) is 18.3 Å². The van der Waals surface area contributed by atoms with Crippen LogP contribution in [0.3, 0.4) is 0 Å². The standard InChI is InChI=1S/C18H19N3O3/c1-2-13-5-7-15(8-6-13)24-12-14(22)11-21-18(23)16-4-3-9-19-17(16)10-20-21/h3-10,14,22H,2,11-12H2,1H3. The molecular formula is C18H19N3O3. The molecule has 1 unspecified atom stereocenters. The van der Waals surface area contributed by atoms with Gasteiger partial charge in [-0.25, -0.2) is 4.68 Å². The lowest BCUT2D eigenvalue weighted by Crippen LogP contribution is -2.31. The molecule has 3 rings (SSSR count). The van der Waals surface area contributed by atoms with Gasteiger partial charge in [0.15, 0.2) is 0 Å². The fourth-order valence-electron chi connectivity index (χ4n) is 2.41. The van der Waals surface area contributed by atoms with E-state index in [1.165, 1.54) is 16.4 Å². The number of aliphatic hydroxyl groups is 1. The van der Waals surface area contributed by atoms with Crippen LogP contribution >= 0.6 is 0 Å². The molecule has 24 heavy (non-hydrogen) atoms. The van der Waals surface area contributed by atoms with Gasteiger partial charge in [0, 0.05) is 6.20 Å². The molecule has 6 nitrogen and oxygen atoms in total. The second-order valence-corrected chi connectivity index (χ2v) is 5.53. The first kappa shape index (κ1) is 16.1. The molecule has 6 heteroatoms. The molecule has 3 aromatic rings. The predicted molar refractivity (Wildman–Crippen MR) is 91.1 cm³/mol. The van der Waals surface area contributed by atoms with Gasteiger partial charge >= 0.3 is 0 Å². The van der Waals surface area contributed by atoms with E-state index in [-0.39, 0.29) is 18.7 Å². The van der Waals surface area contributed by atoms with Gasteiger partial charge in [-0.2, -0.15) is 5.10 Å². The summed E-state index contributed by atoms with van der Waals surface area (Å²) in [6.45, 7) is 2.24. The van der Waals surface area contributed by atoms with Crippen LogP contribution in [0.2, 0.25) is 0 Å². The number of benzene rings is 1. The summed E-state index contributed by atoms with van der Waals surface area (Å²) in [5, 5.41) is 14.7. The number of nitrogens with zero attached hydrogens (tertiary/aromatic N) is 3. The van der Waals surface area contributed by atoms with Crippen molar-refractivity contribution in [3.63, 3.8) is 0 Å². The Labute approximate surface area is 139 Å². The van der Waals surface area contributed by atoms with Crippen molar-refractivity contribution in [2.24, 2.45) is 0 Å². The highest BCUT2D eigenvalue weighted by Gasteiger charge is 2.11. The SMILES string of the molecule is CCc1ccc(OCC(O)Cn2ncc3ncccc3c2=O)cc1. The monoisotopic (exact) mass is 325 g/mol. The number of fused-ring (bicyclic) bond motifs is 1. The van der Waals surface area contributed by atoms with Crippen LogP contribution in [0.5, 0.6) is 5.75 Å². The summed E-state index contributed by atoms with van der Waals surface area (Å²) in [6.07, 6.45) is 3.26. The Kier molecular flexibility index (Phi) is 4.86. The molecule has 0 radical (unpaired) electrons. The third-order valence-corrected chi connectivity index (χ3v) is 3.78. The number of aromatic nitrogens is 3. The fraction of sp³-hybridized carbons (Fsp3) is 0.278. The van der Waals surface area contributed by atoms with Gasteiger partial charge in [-0.3, -0.25) is 9.78 Å². The molecule has 0 aliphatic rings. The van der Waals surface area contributed by atoms with Crippen molar-refractivity contribution in [3.8, 4) is 5.75 Å². The van der Waals surface area contributed by atoms with E-state index < -0.39 is 6.10 Å². The Morgan fingerprint density at radius 1 is 1.25 bits per heavy atom. The molecule has 1 aromatic carbocycles. The van der Waals surface area contributed by atoms with Crippen LogP contribution in [0.15, 0.2) is 53.6 Å². The zero-order valence-corrected chi connectivity index (χ0v) is 13.4. The minimum absolute atomic E-state index is 0.0662. The van der Waals surface area contributed by atoms with Gasteiger partial charge < -0.3 is 9.84 Å². The van der Waals surface area contributed by atoms with Crippen molar-refractivity contribution in [1.29, 1.82) is 0 Å². The van der Waals surface area contributed by atoms with Crippen molar-refractivity contribution in [1.82, 2.24) is 14.8 Å². The molecule has 0 bridgehead atoms. The van der Waals surface area contributed by atoms with Crippen LogP contribution in [0.25, 0.3) is 10.9 Å². The van der Waals surface area contributed by atoms with Crippen LogP contribution in [0, 0.1) is 0 Å².